The van der Waals surface area contributed by atoms with Gasteiger partial charge in [-0.1, -0.05) is 53.5 Å². The number of anilines is 1. The topological polar surface area (TPSA) is 60.5 Å². The smallest absolute Gasteiger partial charge is 0.250 e. The first-order valence-corrected chi connectivity index (χ1v) is 12.3. The average molecular weight is 525 g/mol. The summed E-state index contributed by atoms with van der Waals surface area (Å²) < 4.78 is 11.3. The number of carbonyl (C=O) groups excluding carboxylic acids is 1. The lowest BCUT2D eigenvalue weighted by atomic mass is 10.1. The van der Waals surface area contributed by atoms with E-state index in [1.165, 1.54) is 17.4 Å². The predicted molar refractivity (Wildman–Crippen MR) is 144 cm³/mol. The molecule has 3 aromatic carbocycles. The van der Waals surface area contributed by atoms with Crippen LogP contribution in [0.25, 0.3) is 17.3 Å². The zero-order valence-corrected chi connectivity index (χ0v) is 21.4. The van der Waals surface area contributed by atoms with Crippen LogP contribution in [0, 0.1) is 6.92 Å². The van der Waals surface area contributed by atoms with Crippen LogP contribution in [0.1, 0.15) is 16.0 Å². The van der Waals surface area contributed by atoms with Crippen LogP contribution in [-0.2, 0) is 11.4 Å². The summed E-state index contributed by atoms with van der Waals surface area (Å²) in [6.45, 7) is 2.35. The number of halogens is 2. The van der Waals surface area contributed by atoms with E-state index in [2.05, 4.69) is 10.3 Å². The third-order valence-corrected chi connectivity index (χ3v) is 6.46. The number of methoxy groups -OCH3 is 1. The molecule has 0 aliphatic carbocycles. The second-order valence-corrected chi connectivity index (χ2v) is 9.65. The monoisotopic (exact) mass is 524 g/mol. The van der Waals surface area contributed by atoms with Gasteiger partial charge < -0.3 is 9.47 Å². The number of aromatic nitrogens is 1. The summed E-state index contributed by atoms with van der Waals surface area (Å²) in [7, 11) is 1.58. The van der Waals surface area contributed by atoms with E-state index in [4.69, 9.17) is 32.7 Å². The lowest BCUT2D eigenvalue weighted by Gasteiger charge is -2.11. The maximum Gasteiger partial charge on any atom is 0.250 e. The van der Waals surface area contributed by atoms with Crippen molar-refractivity contribution in [1.29, 1.82) is 0 Å². The number of rotatable bonds is 8. The molecule has 8 heteroatoms. The van der Waals surface area contributed by atoms with Crippen molar-refractivity contribution in [3.05, 3.63) is 98.9 Å². The van der Waals surface area contributed by atoms with E-state index in [-0.39, 0.29) is 5.91 Å². The van der Waals surface area contributed by atoms with Gasteiger partial charge in [0.1, 0.15) is 6.61 Å². The highest BCUT2D eigenvalue weighted by atomic mass is 35.5. The van der Waals surface area contributed by atoms with Crippen molar-refractivity contribution in [2.45, 2.75) is 13.5 Å². The van der Waals surface area contributed by atoms with E-state index < -0.39 is 0 Å². The van der Waals surface area contributed by atoms with Crippen molar-refractivity contribution in [3.8, 4) is 22.8 Å². The Morgan fingerprint density at radius 3 is 2.37 bits per heavy atom. The van der Waals surface area contributed by atoms with Crippen LogP contribution in [0.2, 0.25) is 10.0 Å². The number of carbonyl (C=O) groups is 1. The Morgan fingerprint density at radius 1 is 1.00 bits per heavy atom. The van der Waals surface area contributed by atoms with Crippen molar-refractivity contribution >= 4 is 51.7 Å². The van der Waals surface area contributed by atoms with Crippen LogP contribution >= 0.6 is 34.5 Å². The Kier molecular flexibility index (Phi) is 8.08. The van der Waals surface area contributed by atoms with E-state index in [1.54, 1.807) is 13.2 Å². The molecule has 1 N–H and O–H groups in total. The fourth-order valence-electron chi connectivity index (χ4n) is 3.29. The van der Waals surface area contributed by atoms with Crippen LogP contribution in [0.3, 0.4) is 0 Å². The molecule has 0 unspecified atom stereocenters. The molecule has 0 radical (unpaired) electrons. The Bertz CT molecular complexity index is 1350. The van der Waals surface area contributed by atoms with E-state index in [1.807, 2.05) is 73.7 Å². The number of hydrogen-bond acceptors (Lipinski definition) is 5. The number of hydrogen-bond donors (Lipinski definition) is 1. The second-order valence-electron chi connectivity index (χ2n) is 7.58. The van der Waals surface area contributed by atoms with Crippen LogP contribution in [0.4, 0.5) is 5.13 Å². The highest BCUT2D eigenvalue weighted by Gasteiger charge is 2.11. The Balaban J connectivity index is 1.39. The largest absolute Gasteiger partial charge is 0.493 e. The molecule has 1 amide bonds. The van der Waals surface area contributed by atoms with Gasteiger partial charge in [0.05, 0.1) is 12.8 Å². The van der Waals surface area contributed by atoms with Crippen molar-refractivity contribution in [3.63, 3.8) is 0 Å². The summed E-state index contributed by atoms with van der Waals surface area (Å²) in [5.41, 5.74) is 3.57. The minimum absolute atomic E-state index is 0.275. The number of ether oxygens (including phenoxy) is 2. The van der Waals surface area contributed by atoms with Gasteiger partial charge in [0.15, 0.2) is 16.6 Å². The minimum Gasteiger partial charge on any atom is -0.493 e. The van der Waals surface area contributed by atoms with Crippen molar-refractivity contribution in [1.82, 2.24) is 4.98 Å². The van der Waals surface area contributed by atoms with E-state index >= 15 is 0 Å². The van der Waals surface area contributed by atoms with E-state index in [0.29, 0.717) is 33.3 Å². The molecule has 35 heavy (non-hydrogen) atoms. The molecule has 4 rings (SSSR count). The molecule has 5 nitrogen and oxygen atoms in total. The molecular formula is C27H22Cl2N2O3S. The molecule has 1 heterocycles. The van der Waals surface area contributed by atoms with Crippen LogP contribution < -0.4 is 14.8 Å². The first-order valence-electron chi connectivity index (χ1n) is 10.7. The normalized spacial score (nSPS) is 11.0. The van der Waals surface area contributed by atoms with Gasteiger partial charge in [0, 0.05) is 26.6 Å². The average Bonchev–Trinajstić information content (AvgIpc) is 3.22. The van der Waals surface area contributed by atoms with Gasteiger partial charge in [-0.05, 0) is 60.5 Å². The van der Waals surface area contributed by atoms with Gasteiger partial charge in [0.25, 0.3) is 0 Å². The molecular weight excluding hydrogens is 503 g/mol. The highest BCUT2D eigenvalue weighted by Crippen LogP contribution is 2.32. The van der Waals surface area contributed by atoms with Crippen molar-refractivity contribution < 1.29 is 14.3 Å². The van der Waals surface area contributed by atoms with Gasteiger partial charge in [-0.3, -0.25) is 10.1 Å². The van der Waals surface area contributed by atoms with Gasteiger partial charge in [-0.15, -0.1) is 11.3 Å². The van der Waals surface area contributed by atoms with Gasteiger partial charge in [0.2, 0.25) is 5.91 Å². The molecule has 1 aromatic heterocycles. The molecule has 4 aromatic rings. The fraction of sp³-hybridized carbons (Fsp3) is 0.111. The second kappa shape index (κ2) is 11.4. The van der Waals surface area contributed by atoms with Crippen molar-refractivity contribution in [2.24, 2.45) is 0 Å². The van der Waals surface area contributed by atoms with Gasteiger partial charge in [-0.2, -0.15) is 0 Å². The molecule has 0 atom stereocenters. The maximum absolute atomic E-state index is 12.5. The standard InChI is InChI=1S/C27H22Cl2N2O3S/c1-17-26(20-7-11-22(29)12-8-20)31-27(35-17)30-25(32)14-6-18-5-13-23(24(15-18)33-2)34-16-19-3-9-21(28)10-4-19/h3-15H,16H2,1-2H3,(H,30,31,32)/b14-6+. The summed E-state index contributed by atoms with van der Waals surface area (Å²) in [6, 6.07) is 20.4. The van der Waals surface area contributed by atoms with Crippen molar-refractivity contribution in [2.75, 3.05) is 12.4 Å². The molecule has 0 spiro atoms. The first-order chi connectivity index (χ1) is 16.9. The number of aryl methyl sites for hydroxylation is 1. The number of amides is 1. The zero-order valence-electron chi connectivity index (χ0n) is 19.0. The first kappa shape index (κ1) is 24.8. The molecule has 0 bridgehead atoms. The third-order valence-electron chi connectivity index (χ3n) is 5.07. The quantitative estimate of drug-likeness (QED) is 0.240. The SMILES string of the molecule is COc1cc(/C=C/C(=O)Nc2nc(-c3ccc(Cl)cc3)c(C)s2)ccc1OCc1ccc(Cl)cc1. The number of nitrogens with one attached hydrogen (secondary N) is 1. The Morgan fingerprint density at radius 2 is 1.69 bits per heavy atom. The Hall–Kier alpha value is -3.32. The summed E-state index contributed by atoms with van der Waals surface area (Å²) >= 11 is 13.3. The van der Waals surface area contributed by atoms with E-state index in [0.717, 1.165) is 27.3 Å². The predicted octanol–water partition coefficient (Wildman–Crippen LogP) is 7.66. The highest BCUT2D eigenvalue weighted by molar-refractivity contribution is 7.16. The third kappa shape index (κ3) is 6.63. The number of benzene rings is 3. The van der Waals surface area contributed by atoms with Crippen LogP contribution in [-0.4, -0.2) is 18.0 Å². The minimum atomic E-state index is -0.275. The van der Waals surface area contributed by atoms with E-state index in [9.17, 15) is 4.79 Å². The molecule has 0 aliphatic rings. The fourth-order valence-corrected chi connectivity index (χ4v) is 4.38. The zero-order chi connectivity index (χ0) is 24.8. The summed E-state index contributed by atoms with van der Waals surface area (Å²) in [5.74, 6) is 0.908. The van der Waals surface area contributed by atoms with Crippen LogP contribution in [0.15, 0.2) is 72.8 Å². The Labute approximate surface area is 218 Å². The molecule has 0 saturated carbocycles. The summed E-state index contributed by atoms with van der Waals surface area (Å²) in [6.07, 6.45) is 3.17. The maximum atomic E-state index is 12.5. The molecule has 0 fully saturated rings. The molecule has 0 aliphatic heterocycles. The lowest BCUT2D eigenvalue weighted by molar-refractivity contribution is -0.111. The lowest BCUT2D eigenvalue weighted by Crippen LogP contribution is -2.07. The molecule has 0 saturated heterocycles. The summed E-state index contributed by atoms with van der Waals surface area (Å²) in [5, 5.41) is 4.70. The number of nitrogens with zero attached hydrogens (tertiary/aromatic N) is 1. The van der Waals surface area contributed by atoms with Gasteiger partial charge >= 0.3 is 0 Å². The summed E-state index contributed by atoms with van der Waals surface area (Å²) in [4.78, 5) is 18.0. The van der Waals surface area contributed by atoms with Crippen LogP contribution in [0.5, 0.6) is 11.5 Å². The van der Waals surface area contributed by atoms with Gasteiger partial charge in [-0.25, -0.2) is 4.98 Å². The molecule has 178 valence electrons. The number of thiazole rings is 1.